The molecule has 4 nitrogen and oxygen atoms in total. The second kappa shape index (κ2) is 6.10. The van der Waals surface area contributed by atoms with Crippen molar-refractivity contribution in [2.24, 2.45) is 5.73 Å². The van der Waals surface area contributed by atoms with Crippen molar-refractivity contribution >= 4 is 11.6 Å². The van der Waals surface area contributed by atoms with Gasteiger partial charge in [0.1, 0.15) is 0 Å². The minimum atomic E-state index is -0.794. The van der Waals surface area contributed by atoms with Gasteiger partial charge in [0.25, 0.3) is 0 Å². The molecule has 0 bridgehead atoms. The first kappa shape index (κ1) is 14.1. The third-order valence-electron chi connectivity index (χ3n) is 2.67. The molecule has 1 aromatic carbocycles. The first-order valence-corrected chi connectivity index (χ1v) is 5.79. The van der Waals surface area contributed by atoms with E-state index >= 15 is 0 Å². The second-order valence-electron chi connectivity index (χ2n) is 3.59. The standard InChI is InChI=1S/C12H18ClNO3/c1-4-7-11(9(15)6-14)8(13)5-10(16-2)12(7)17-3/h5,9,15H,4,6,14H2,1-3H3. The highest BCUT2D eigenvalue weighted by Crippen LogP contribution is 2.40. The Kier molecular flexibility index (Phi) is 5.05. The van der Waals surface area contributed by atoms with Crippen LogP contribution in [-0.2, 0) is 6.42 Å². The van der Waals surface area contributed by atoms with Crippen molar-refractivity contribution in [3.63, 3.8) is 0 Å². The molecule has 1 aromatic rings. The van der Waals surface area contributed by atoms with E-state index in [1.54, 1.807) is 20.3 Å². The Morgan fingerprint density at radius 2 is 2.06 bits per heavy atom. The largest absolute Gasteiger partial charge is 0.493 e. The normalized spacial score (nSPS) is 12.4. The lowest BCUT2D eigenvalue weighted by atomic mass is 9.98. The average Bonchev–Trinajstić information content (AvgIpc) is 2.36. The summed E-state index contributed by atoms with van der Waals surface area (Å²) in [5, 5.41) is 10.3. The number of ether oxygens (including phenoxy) is 2. The van der Waals surface area contributed by atoms with Crippen LogP contribution in [0.5, 0.6) is 11.5 Å². The molecule has 17 heavy (non-hydrogen) atoms. The highest BCUT2D eigenvalue weighted by Gasteiger charge is 2.21. The third-order valence-corrected chi connectivity index (χ3v) is 2.98. The van der Waals surface area contributed by atoms with E-state index in [9.17, 15) is 5.11 Å². The summed E-state index contributed by atoms with van der Waals surface area (Å²) in [5.74, 6) is 1.16. The lowest BCUT2D eigenvalue weighted by molar-refractivity contribution is 0.185. The summed E-state index contributed by atoms with van der Waals surface area (Å²) >= 11 is 6.14. The van der Waals surface area contributed by atoms with E-state index in [0.29, 0.717) is 28.5 Å². The summed E-state index contributed by atoms with van der Waals surface area (Å²) in [5.41, 5.74) is 6.93. The first-order valence-electron chi connectivity index (χ1n) is 5.42. The number of aliphatic hydroxyl groups excluding tert-OH is 1. The Morgan fingerprint density at radius 1 is 1.41 bits per heavy atom. The van der Waals surface area contributed by atoms with E-state index in [2.05, 4.69) is 0 Å². The zero-order valence-corrected chi connectivity index (χ0v) is 11.0. The van der Waals surface area contributed by atoms with E-state index in [1.807, 2.05) is 6.92 Å². The monoisotopic (exact) mass is 259 g/mol. The molecule has 0 amide bonds. The van der Waals surface area contributed by atoms with Crippen LogP contribution in [0.25, 0.3) is 0 Å². The van der Waals surface area contributed by atoms with Crippen molar-refractivity contribution in [2.45, 2.75) is 19.4 Å². The summed E-state index contributed by atoms with van der Waals surface area (Å²) in [6.45, 7) is 2.07. The number of hydrogen-bond donors (Lipinski definition) is 2. The van der Waals surface area contributed by atoms with Gasteiger partial charge in [0.2, 0.25) is 0 Å². The highest BCUT2D eigenvalue weighted by molar-refractivity contribution is 6.31. The molecule has 0 aliphatic rings. The van der Waals surface area contributed by atoms with Crippen LogP contribution in [-0.4, -0.2) is 25.9 Å². The van der Waals surface area contributed by atoms with E-state index in [-0.39, 0.29) is 6.54 Å². The summed E-state index contributed by atoms with van der Waals surface area (Å²) < 4.78 is 10.5. The molecule has 1 atom stereocenters. The predicted octanol–water partition coefficient (Wildman–Crippen LogP) is 1.91. The van der Waals surface area contributed by atoms with Crippen LogP contribution >= 0.6 is 11.6 Å². The van der Waals surface area contributed by atoms with Crippen LogP contribution in [0.2, 0.25) is 5.02 Å². The highest BCUT2D eigenvalue weighted by atomic mass is 35.5. The number of nitrogens with two attached hydrogens (primary N) is 1. The van der Waals surface area contributed by atoms with Gasteiger partial charge in [0, 0.05) is 23.7 Å². The van der Waals surface area contributed by atoms with Gasteiger partial charge in [-0.1, -0.05) is 18.5 Å². The fourth-order valence-electron chi connectivity index (χ4n) is 1.88. The van der Waals surface area contributed by atoms with Crippen LogP contribution < -0.4 is 15.2 Å². The van der Waals surface area contributed by atoms with Gasteiger partial charge in [-0.05, 0) is 6.42 Å². The molecule has 0 aliphatic heterocycles. The predicted molar refractivity (Wildman–Crippen MR) is 67.9 cm³/mol. The van der Waals surface area contributed by atoms with Gasteiger partial charge in [-0.2, -0.15) is 0 Å². The average molecular weight is 260 g/mol. The van der Waals surface area contributed by atoms with E-state index in [1.165, 1.54) is 0 Å². The summed E-state index contributed by atoms with van der Waals surface area (Å²) in [4.78, 5) is 0. The van der Waals surface area contributed by atoms with Crippen molar-refractivity contribution in [1.29, 1.82) is 0 Å². The van der Waals surface area contributed by atoms with Crippen LogP contribution in [0.15, 0.2) is 6.07 Å². The molecule has 0 fully saturated rings. The third kappa shape index (κ3) is 2.65. The number of methoxy groups -OCH3 is 2. The van der Waals surface area contributed by atoms with Gasteiger partial charge in [-0.3, -0.25) is 0 Å². The molecule has 0 aromatic heterocycles. The zero-order chi connectivity index (χ0) is 13.0. The van der Waals surface area contributed by atoms with Crippen molar-refractivity contribution in [3.05, 3.63) is 22.2 Å². The number of rotatable bonds is 5. The van der Waals surface area contributed by atoms with Crippen molar-refractivity contribution in [2.75, 3.05) is 20.8 Å². The molecule has 0 aliphatic carbocycles. The molecule has 5 heteroatoms. The molecule has 0 radical (unpaired) electrons. The van der Waals surface area contributed by atoms with E-state index in [4.69, 9.17) is 26.8 Å². The van der Waals surface area contributed by atoms with Gasteiger partial charge in [0.05, 0.1) is 25.3 Å². The van der Waals surface area contributed by atoms with Gasteiger partial charge in [0.15, 0.2) is 11.5 Å². The Morgan fingerprint density at radius 3 is 2.47 bits per heavy atom. The second-order valence-corrected chi connectivity index (χ2v) is 4.00. The molecule has 3 N–H and O–H groups in total. The smallest absolute Gasteiger partial charge is 0.164 e. The molecule has 0 saturated heterocycles. The van der Waals surface area contributed by atoms with Crippen LogP contribution in [0.4, 0.5) is 0 Å². The maximum atomic E-state index is 9.90. The minimum Gasteiger partial charge on any atom is -0.493 e. The van der Waals surface area contributed by atoms with Crippen LogP contribution in [0, 0.1) is 0 Å². The lowest BCUT2D eigenvalue weighted by Gasteiger charge is -2.20. The number of hydrogen-bond acceptors (Lipinski definition) is 4. The summed E-state index contributed by atoms with van der Waals surface area (Å²) in [6.07, 6.45) is -0.121. The Labute approximate surface area is 106 Å². The fourth-order valence-corrected chi connectivity index (χ4v) is 2.22. The Balaban J connectivity index is 3.48. The van der Waals surface area contributed by atoms with Crippen molar-refractivity contribution in [3.8, 4) is 11.5 Å². The quantitative estimate of drug-likeness (QED) is 0.848. The maximum absolute atomic E-state index is 9.90. The molecular weight excluding hydrogens is 242 g/mol. The molecule has 0 heterocycles. The van der Waals surface area contributed by atoms with Gasteiger partial charge < -0.3 is 20.3 Å². The molecular formula is C12H18ClNO3. The molecule has 1 unspecified atom stereocenters. The fraction of sp³-hybridized carbons (Fsp3) is 0.500. The van der Waals surface area contributed by atoms with E-state index in [0.717, 1.165) is 5.56 Å². The Hall–Kier alpha value is -0.970. The summed E-state index contributed by atoms with van der Waals surface area (Å²) in [7, 11) is 3.11. The van der Waals surface area contributed by atoms with Crippen LogP contribution in [0.1, 0.15) is 24.2 Å². The van der Waals surface area contributed by atoms with Crippen molar-refractivity contribution in [1.82, 2.24) is 0 Å². The minimum absolute atomic E-state index is 0.113. The van der Waals surface area contributed by atoms with Crippen LogP contribution in [0.3, 0.4) is 0 Å². The molecule has 1 rings (SSSR count). The zero-order valence-electron chi connectivity index (χ0n) is 10.3. The Bertz CT molecular complexity index is 396. The first-order chi connectivity index (χ1) is 8.10. The molecule has 0 saturated carbocycles. The number of halogens is 1. The lowest BCUT2D eigenvalue weighted by Crippen LogP contribution is -2.15. The SMILES string of the molecule is CCc1c(OC)c(OC)cc(Cl)c1C(O)CN. The topological polar surface area (TPSA) is 64.7 Å². The van der Waals surface area contributed by atoms with Gasteiger partial charge in [-0.25, -0.2) is 0 Å². The summed E-state index contributed by atoms with van der Waals surface area (Å²) in [6, 6.07) is 1.63. The van der Waals surface area contributed by atoms with Gasteiger partial charge in [-0.15, -0.1) is 0 Å². The van der Waals surface area contributed by atoms with Crippen molar-refractivity contribution < 1.29 is 14.6 Å². The maximum Gasteiger partial charge on any atom is 0.164 e. The molecule has 0 spiro atoms. The van der Waals surface area contributed by atoms with Gasteiger partial charge >= 0.3 is 0 Å². The molecule has 96 valence electrons. The number of aliphatic hydroxyl groups is 1. The van der Waals surface area contributed by atoms with E-state index < -0.39 is 6.10 Å². The number of benzene rings is 1.